The van der Waals surface area contributed by atoms with Crippen molar-refractivity contribution >= 4 is 11.8 Å². The maximum atomic E-state index is 11.8. The number of alkyl halides is 3. The van der Waals surface area contributed by atoms with Crippen molar-refractivity contribution < 1.29 is 18.0 Å². The zero-order chi connectivity index (χ0) is 12.3. The minimum absolute atomic E-state index is 0.220. The molecule has 16 heavy (non-hydrogen) atoms. The summed E-state index contributed by atoms with van der Waals surface area (Å²) in [7, 11) is 0. The summed E-state index contributed by atoms with van der Waals surface area (Å²) in [5.41, 5.74) is 1.42. The molecule has 2 amide bonds. The van der Waals surface area contributed by atoms with Crippen LogP contribution in [0.15, 0.2) is 0 Å². The second-order valence-electron chi connectivity index (χ2n) is 3.25. The van der Waals surface area contributed by atoms with Gasteiger partial charge in [-0.2, -0.15) is 18.3 Å². The zero-order valence-electron chi connectivity index (χ0n) is 8.70. The molecule has 0 fully saturated rings. The second kappa shape index (κ2) is 4.42. The SMILES string of the molecule is Cc1[nH]nc(NC(=O)NCC(F)(F)F)c1C. The maximum Gasteiger partial charge on any atom is 0.405 e. The molecule has 8 heteroatoms. The van der Waals surface area contributed by atoms with Gasteiger partial charge in [0.25, 0.3) is 0 Å². The standard InChI is InChI=1S/C8H11F3N4O/c1-4-5(2)14-15-6(4)13-7(16)12-3-8(9,10)11/h3H2,1-2H3,(H3,12,13,14,15,16). The molecule has 0 aliphatic rings. The van der Waals surface area contributed by atoms with Gasteiger partial charge in [-0.15, -0.1) is 0 Å². The highest BCUT2D eigenvalue weighted by Gasteiger charge is 2.27. The largest absolute Gasteiger partial charge is 0.405 e. The number of carbonyl (C=O) groups is 1. The first kappa shape index (κ1) is 12.3. The van der Waals surface area contributed by atoms with E-state index in [1.807, 2.05) is 0 Å². The monoisotopic (exact) mass is 236 g/mol. The molecule has 0 bridgehead atoms. The molecule has 1 rings (SSSR count). The molecule has 3 N–H and O–H groups in total. The smallest absolute Gasteiger partial charge is 0.329 e. The maximum absolute atomic E-state index is 11.8. The van der Waals surface area contributed by atoms with E-state index in [2.05, 4.69) is 15.5 Å². The van der Waals surface area contributed by atoms with E-state index in [0.717, 1.165) is 5.69 Å². The fraction of sp³-hybridized carbons (Fsp3) is 0.500. The van der Waals surface area contributed by atoms with Gasteiger partial charge >= 0.3 is 12.2 Å². The van der Waals surface area contributed by atoms with Gasteiger partial charge in [-0.05, 0) is 13.8 Å². The predicted octanol–water partition coefficient (Wildman–Crippen LogP) is 1.71. The van der Waals surface area contributed by atoms with Gasteiger partial charge in [-0.25, -0.2) is 4.79 Å². The highest BCUT2D eigenvalue weighted by molar-refractivity contribution is 5.89. The van der Waals surface area contributed by atoms with Gasteiger partial charge in [0.2, 0.25) is 0 Å². The summed E-state index contributed by atoms with van der Waals surface area (Å²) in [5.74, 6) is 0.220. The van der Waals surface area contributed by atoms with Crippen LogP contribution < -0.4 is 10.6 Å². The van der Waals surface area contributed by atoms with E-state index in [-0.39, 0.29) is 5.82 Å². The molecule has 0 unspecified atom stereocenters. The Balaban J connectivity index is 2.49. The van der Waals surface area contributed by atoms with Crippen molar-refractivity contribution in [3.8, 4) is 0 Å². The van der Waals surface area contributed by atoms with E-state index in [9.17, 15) is 18.0 Å². The number of halogens is 3. The van der Waals surface area contributed by atoms with Gasteiger partial charge in [-0.1, -0.05) is 0 Å². The lowest BCUT2D eigenvalue weighted by atomic mass is 10.3. The molecule has 5 nitrogen and oxygen atoms in total. The van der Waals surface area contributed by atoms with Crippen LogP contribution in [0.25, 0.3) is 0 Å². The zero-order valence-corrected chi connectivity index (χ0v) is 8.70. The summed E-state index contributed by atoms with van der Waals surface area (Å²) < 4.78 is 35.3. The summed E-state index contributed by atoms with van der Waals surface area (Å²) >= 11 is 0. The van der Waals surface area contributed by atoms with Gasteiger partial charge in [0.15, 0.2) is 5.82 Å². The molecule has 0 saturated carbocycles. The van der Waals surface area contributed by atoms with Gasteiger partial charge in [0, 0.05) is 11.3 Å². The van der Waals surface area contributed by atoms with Gasteiger partial charge < -0.3 is 5.32 Å². The molecule has 0 aliphatic heterocycles. The molecule has 1 heterocycles. The minimum Gasteiger partial charge on any atom is -0.329 e. The van der Waals surface area contributed by atoms with Gasteiger partial charge in [-0.3, -0.25) is 10.4 Å². The molecular weight excluding hydrogens is 225 g/mol. The number of hydrogen-bond donors (Lipinski definition) is 3. The first-order chi connectivity index (χ1) is 7.29. The van der Waals surface area contributed by atoms with Crippen LogP contribution in [0.1, 0.15) is 11.3 Å². The van der Waals surface area contributed by atoms with E-state index < -0.39 is 18.8 Å². The first-order valence-electron chi connectivity index (χ1n) is 4.43. The fourth-order valence-corrected chi connectivity index (χ4v) is 0.939. The van der Waals surface area contributed by atoms with Crippen LogP contribution in [0.2, 0.25) is 0 Å². The van der Waals surface area contributed by atoms with Gasteiger partial charge in [0.1, 0.15) is 6.54 Å². The van der Waals surface area contributed by atoms with Crippen molar-refractivity contribution in [2.75, 3.05) is 11.9 Å². The summed E-state index contributed by atoms with van der Waals surface area (Å²) in [6, 6.07) is -0.938. The molecule has 0 aromatic carbocycles. The summed E-state index contributed by atoms with van der Waals surface area (Å²) in [6.45, 7) is 2.06. The number of nitrogens with zero attached hydrogens (tertiary/aromatic N) is 1. The summed E-state index contributed by atoms with van der Waals surface area (Å²) in [5, 5.41) is 10.2. The van der Waals surface area contributed by atoms with E-state index in [4.69, 9.17) is 0 Å². The molecule has 0 aliphatic carbocycles. The van der Waals surface area contributed by atoms with E-state index in [1.165, 1.54) is 0 Å². The number of rotatable bonds is 2. The molecular formula is C8H11F3N4O. The summed E-state index contributed by atoms with van der Waals surface area (Å²) in [6.07, 6.45) is -4.42. The Hall–Kier alpha value is -1.73. The Morgan fingerprint density at radius 3 is 2.50 bits per heavy atom. The Morgan fingerprint density at radius 2 is 2.06 bits per heavy atom. The highest BCUT2D eigenvalue weighted by Crippen LogP contribution is 2.14. The average molecular weight is 236 g/mol. The number of carbonyl (C=O) groups excluding carboxylic acids is 1. The van der Waals surface area contributed by atoms with Gasteiger partial charge in [0.05, 0.1) is 0 Å². The minimum atomic E-state index is -4.42. The number of anilines is 1. The van der Waals surface area contributed by atoms with E-state index >= 15 is 0 Å². The lowest BCUT2D eigenvalue weighted by Gasteiger charge is -2.08. The lowest BCUT2D eigenvalue weighted by molar-refractivity contribution is -0.122. The normalized spacial score (nSPS) is 11.3. The van der Waals surface area contributed by atoms with E-state index in [0.29, 0.717) is 5.56 Å². The van der Waals surface area contributed by atoms with Crippen molar-refractivity contribution in [3.05, 3.63) is 11.3 Å². The molecule has 90 valence electrons. The van der Waals surface area contributed by atoms with Crippen molar-refractivity contribution in [3.63, 3.8) is 0 Å². The van der Waals surface area contributed by atoms with Crippen molar-refractivity contribution in [1.82, 2.24) is 15.5 Å². The Bertz CT molecular complexity index is 385. The average Bonchev–Trinajstić information content (AvgIpc) is 2.46. The van der Waals surface area contributed by atoms with E-state index in [1.54, 1.807) is 19.2 Å². The molecule has 0 atom stereocenters. The number of hydrogen-bond acceptors (Lipinski definition) is 2. The van der Waals surface area contributed by atoms with Crippen LogP contribution in [-0.4, -0.2) is 28.9 Å². The van der Waals surface area contributed by atoms with Crippen LogP contribution >= 0.6 is 0 Å². The highest BCUT2D eigenvalue weighted by atomic mass is 19.4. The van der Waals surface area contributed by atoms with Crippen LogP contribution in [0.4, 0.5) is 23.8 Å². The van der Waals surface area contributed by atoms with Crippen LogP contribution in [-0.2, 0) is 0 Å². The third-order valence-electron chi connectivity index (χ3n) is 1.93. The van der Waals surface area contributed by atoms with Crippen molar-refractivity contribution in [1.29, 1.82) is 0 Å². The molecule has 1 aromatic heterocycles. The quantitative estimate of drug-likeness (QED) is 0.731. The molecule has 1 aromatic rings. The fourth-order valence-electron chi connectivity index (χ4n) is 0.939. The topological polar surface area (TPSA) is 69.8 Å². The summed E-state index contributed by atoms with van der Waals surface area (Å²) in [4.78, 5) is 11.0. The van der Waals surface area contributed by atoms with Crippen LogP contribution in [0, 0.1) is 13.8 Å². The third kappa shape index (κ3) is 3.44. The Kier molecular flexibility index (Phi) is 3.41. The van der Waals surface area contributed by atoms with Crippen LogP contribution in [0.5, 0.6) is 0 Å². The third-order valence-corrected chi connectivity index (χ3v) is 1.93. The number of amides is 2. The molecule has 0 radical (unpaired) electrons. The number of aromatic amines is 1. The first-order valence-corrected chi connectivity index (χ1v) is 4.43. The number of aryl methyl sites for hydroxylation is 1. The Labute approximate surface area is 89.4 Å². The predicted molar refractivity (Wildman–Crippen MR) is 51.1 cm³/mol. The number of nitrogens with one attached hydrogen (secondary N) is 3. The second-order valence-corrected chi connectivity index (χ2v) is 3.25. The molecule has 0 saturated heterocycles. The lowest BCUT2D eigenvalue weighted by Crippen LogP contribution is -2.36. The van der Waals surface area contributed by atoms with Crippen molar-refractivity contribution in [2.45, 2.75) is 20.0 Å². The molecule has 0 spiro atoms. The van der Waals surface area contributed by atoms with Crippen molar-refractivity contribution in [2.24, 2.45) is 0 Å². The number of aromatic nitrogens is 2. The number of urea groups is 1. The van der Waals surface area contributed by atoms with Crippen LogP contribution in [0.3, 0.4) is 0 Å². The number of H-pyrrole nitrogens is 1. The Morgan fingerprint density at radius 1 is 1.44 bits per heavy atom.